The predicted octanol–water partition coefficient (Wildman–Crippen LogP) is 3.37. The zero-order valence-corrected chi connectivity index (χ0v) is 10.5. The molecule has 1 N–H and O–H groups in total. The van der Waals surface area contributed by atoms with Gasteiger partial charge in [-0.3, -0.25) is 0 Å². The molecule has 0 radical (unpaired) electrons. The Morgan fingerprint density at radius 3 is 3.00 bits per heavy atom. The number of nitrogens with zero attached hydrogens (tertiary/aromatic N) is 1. The Hall–Kier alpha value is -0.710. The van der Waals surface area contributed by atoms with Crippen molar-refractivity contribution in [3.63, 3.8) is 0 Å². The summed E-state index contributed by atoms with van der Waals surface area (Å²) < 4.78 is 0. The third-order valence-corrected chi connectivity index (χ3v) is 4.01. The molecule has 0 spiro atoms. The summed E-state index contributed by atoms with van der Waals surface area (Å²) in [5, 5.41) is 6.61. The average molecular weight is 238 g/mol. The van der Waals surface area contributed by atoms with Crippen LogP contribution in [0.5, 0.6) is 0 Å². The maximum absolute atomic E-state index is 4.43. The standard InChI is InChI=1S/C11H14N2S2/c1-8(2)12-6-9-7-13-11(15-9)10-4-3-5-14-10/h3-5,7-8,12H,6H2,1-2H3. The first-order chi connectivity index (χ1) is 7.25. The number of nitrogens with one attached hydrogen (secondary N) is 1. The van der Waals surface area contributed by atoms with Crippen LogP contribution in [0.15, 0.2) is 23.7 Å². The molecule has 0 bridgehead atoms. The van der Waals surface area contributed by atoms with Gasteiger partial charge in [-0.1, -0.05) is 19.9 Å². The third-order valence-electron chi connectivity index (χ3n) is 1.97. The van der Waals surface area contributed by atoms with Gasteiger partial charge in [0.15, 0.2) is 0 Å². The molecule has 0 fully saturated rings. The van der Waals surface area contributed by atoms with Crippen LogP contribution in [0, 0.1) is 0 Å². The van der Waals surface area contributed by atoms with Crippen LogP contribution in [-0.2, 0) is 6.54 Å². The summed E-state index contributed by atoms with van der Waals surface area (Å²) in [5.74, 6) is 0. The Balaban J connectivity index is 2.04. The molecule has 0 atom stereocenters. The second-order valence-corrected chi connectivity index (χ2v) is 5.71. The molecule has 15 heavy (non-hydrogen) atoms. The molecule has 2 aromatic rings. The quantitative estimate of drug-likeness (QED) is 0.883. The van der Waals surface area contributed by atoms with Crippen LogP contribution in [0.25, 0.3) is 9.88 Å². The third kappa shape index (κ3) is 2.87. The number of hydrogen-bond donors (Lipinski definition) is 1. The zero-order valence-electron chi connectivity index (χ0n) is 8.86. The highest BCUT2D eigenvalue weighted by Crippen LogP contribution is 2.28. The van der Waals surface area contributed by atoms with Crippen molar-refractivity contribution in [2.75, 3.05) is 0 Å². The van der Waals surface area contributed by atoms with E-state index in [1.807, 2.05) is 6.20 Å². The van der Waals surface area contributed by atoms with E-state index in [0.717, 1.165) is 11.6 Å². The number of thiophene rings is 1. The Kier molecular flexibility index (Phi) is 3.51. The van der Waals surface area contributed by atoms with Crippen molar-refractivity contribution in [1.29, 1.82) is 0 Å². The van der Waals surface area contributed by atoms with E-state index < -0.39 is 0 Å². The van der Waals surface area contributed by atoms with Crippen molar-refractivity contribution >= 4 is 22.7 Å². The van der Waals surface area contributed by atoms with Crippen LogP contribution in [-0.4, -0.2) is 11.0 Å². The molecule has 4 heteroatoms. The van der Waals surface area contributed by atoms with Crippen LogP contribution in [0.4, 0.5) is 0 Å². The molecular formula is C11H14N2S2. The van der Waals surface area contributed by atoms with Crippen molar-refractivity contribution in [1.82, 2.24) is 10.3 Å². The molecule has 80 valence electrons. The SMILES string of the molecule is CC(C)NCc1cnc(-c2cccs2)s1. The van der Waals surface area contributed by atoms with Gasteiger partial charge < -0.3 is 5.32 Å². The maximum atomic E-state index is 4.43. The highest BCUT2D eigenvalue weighted by molar-refractivity contribution is 7.20. The largest absolute Gasteiger partial charge is 0.310 e. The first-order valence-electron chi connectivity index (χ1n) is 4.97. The van der Waals surface area contributed by atoms with E-state index in [1.54, 1.807) is 22.7 Å². The normalized spacial score (nSPS) is 11.1. The predicted molar refractivity (Wildman–Crippen MR) is 67.4 cm³/mol. The molecule has 0 saturated heterocycles. The minimum absolute atomic E-state index is 0.525. The molecule has 0 aliphatic heterocycles. The minimum atomic E-state index is 0.525. The molecule has 0 aliphatic rings. The molecule has 2 heterocycles. The van der Waals surface area contributed by atoms with Crippen molar-refractivity contribution in [2.45, 2.75) is 26.4 Å². The summed E-state index contributed by atoms with van der Waals surface area (Å²) in [4.78, 5) is 6.98. The molecule has 2 aromatic heterocycles. The van der Waals surface area contributed by atoms with Gasteiger partial charge >= 0.3 is 0 Å². The highest BCUT2D eigenvalue weighted by atomic mass is 32.1. The summed E-state index contributed by atoms with van der Waals surface area (Å²) in [7, 11) is 0. The molecule has 0 unspecified atom stereocenters. The first kappa shape index (κ1) is 10.8. The molecule has 0 amide bonds. The van der Waals surface area contributed by atoms with Crippen molar-refractivity contribution < 1.29 is 0 Å². The van der Waals surface area contributed by atoms with Crippen LogP contribution in [0.3, 0.4) is 0 Å². The first-order valence-corrected chi connectivity index (χ1v) is 6.67. The molecule has 0 aliphatic carbocycles. The molecule has 2 rings (SSSR count). The van der Waals surface area contributed by atoms with Gasteiger partial charge in [-0.25, -0.2) is 4.98 Å². The summed E-state index contributed by atoms with van der Waals surface area (Å²) >= 11 is 3.51. The van der Waals surface area contributed by atoms with Crippen LogP contribution < -0.4 is 5.32 Å². The van der Waals surface area contributed by atoms with Gasteiger partial charge in [0.1, 0.15) is 5.01 Å². The molecule has 0 aromatic carbocycles. The lowest BCUT2D eigenvalue weighted by atomic mass is 10.4. The summed E-state index contributed by atoms with van der Waals surface area (Å²) in [6.45, 7) is 5.23. The van der Waals surface area contributed by atoms with Gasteiger partial charge in [0, 0.05) is 23.7 Å². The summed E-state index contributed by atoms with van der Waals surface area (Å²) in [5.41, 5.74) is 0. The number of thiazole rings is 1. The van der Waals surface area contributed by atoms with Crippen LogP contribution in [0.1, 0.15) is 18.7 Å². The van der Waals surface area contributed by atoms with Crippen molar-refractivity contribution in [3.8, 4) is 9.88 Å². The molecular weight excluding hydrogens is 224 g/mol. The lowest BCUT2D eigenvalue weighted by molar-refractivity contribution is 0.593. The fraction of sp³-hybridized carbons (Fsp3) is 0.364. The van der Waals surface area contributed by atoms with E-state index >= 15 is 0 Å². The van der Waals surface area contributed by atoms with E-state index in [-0.39, 0.29) is 0 Å². The van der Waals surface area contributed by atoms with Gasteiger partial charge in [-0.15, -0.1) is 22.7 Å². The number of rotatable bonds is 4. The molecule has 0 saturated carbocycles. The Morgan fingerprint density at radius 1 is 1.47 bits per heavy atom. The van der Waals surface area contributed by atoms with E-state index in [0.29, 0.717) is 6.04 Å². The van der Waals surface area contributed by atoms with Crippen LogP contribution >= 0.6 is 22.7 Å². The smallest absolute Gasteiger partial charge is 0.133 e. The Labute approximate surface area is 98.0 Å². The van der Waals surface area contributed by atoms with Gasteiger partial charge in [0.05, 0.1) is 4.88 Å². The lowest BCUT2D eigenvalue weighted by Crippen LogP contribution is -2.21. The van der Waals surface area contributed by atoms with E-state index in [1.165, 1.54) is 9.75 Å². The average Bonchev–Trinajstić information content (AvgIpc) is 2.85. The summed E-state index contributed by atoms with van der Waals surface area (Å²) in [6.07, 6.45) is 1.97. The van der Waals surface area contributed by atoms with Gasteiger partial charge in [-0.2, -0.15) is 0 Å². The van der Waals surface area contributed by atoms with Crippen LogP contribution in [0.2, 0.25) is 0 Å². The van der Waals surface area contributed by atoms with Crippen molar-refractivity contribution in [2.24, 2.45) is 0 Å². The topological polar surface area (TPSA) is 24.9 Å². The monoisotopic (exact) mass is 238 g/mol. The van der Waals surface area contributed by atoms with Gasteiger partial charge in [-0.05, 0) is 11.4 Å². The van der Waals surface area contributed by atoms with E-state index in [9.17, 15) is 0 Å². The Morgan fingerprint density at radius 2 is 2.33 bits per heavy atom. The minimum Gasteiger partial charge on any atom is -0.310 e. The second kappa shape index (κ2) is 4.88. The fourth-order valence-electron chi connectivity index (χ4n) is 1.21. The second-order valence-electron chi connectivity index (χ2n) is 3.64. The number of aromatic nitrogens is 1. The van der Waals surface area contributed by atoms with Gasteiger partial charge in [0.25, 0.3) is 0 Å². The van der Waals surface area contributed by atoms with Gasteiger partial charge in [0.2, 0.25) is 0 Å². The zero-order chi connectivity index (χ0) is 10.7. The fourth-order valence-corrected chi connectivity index (χ4v) is 2.88. The van der Waals surface area contributed by atoms with E-state index in [2.05, 4.69) is 41.7 Å². The number of hydrogen-bond acceptors (Lipinski definition) is 4. The van der Waals surface area contributed by atoms with E-state index in [4.69, 9.17) is 0 Å². The highest BCUT2D eigenvalue weighted by Gasteiger charge is 2.05. The Bertz CT molecular complexity index is 404. The summed E-state index contributed by atoms with van der Waals surface area (Å²) in [6, 6.07) is 4.70. The van der Waals surface area contributed by atoms with Crippen molar-refractivity contribution in [3.05, 3.63) is 28.6 Å². The lowest BCUT2D eigenvalue weighted by Gasteiger charge is -2.04. The molecule has 2 nitrogen and oxygen atoms in total. The maximum Gasteiger partial charge on any atom is 0.133 e.